The lowest BCUT2D eigenvalue weighted by atomic mass is 9.95. The minimum absolute atomic E-state index is 0.176. The Kier molecular flexibility index (Phi) is 4.84. The van der Waals surface area contributed by atoms with E-state index in [-0.39, 0.29) is 17.5 Å². The van der Waals surface area contributed by atoms with E-state index in [2.05, 4.69) is 5.32 Å². The van der Waals surface area contributed by atoms with Gasteiger partial charge in [-0.3, -0.25) is 4.79 Å². The van der Waals surface area contributed by atoms with Crippen LogP contribution >= 0.6 is 0 Å². The van der Waals surface area contributed by atoms with Crippen LogP contribution in [0.3, 0.4) is 0 Å². The van der Waals surface area contributed by atoms with Gasteiger partial charge in [-0.2, -0.15) is 5.26 Å². The molecule has 1 N–H and O–H groups in total. The van der Waals surface area contributed by atoms with Crippen molar-refractivity contribution in [2.45, 2.75) is 38.1 Å². The molecule has 1 rings (SSSR count). The molecule has 1 aliphatic rings. The Morgan fingerprint density at radius 2 is 2.00 bits per heavy atom. The second kappa shape index (κ2) is 6.16. The second-order valence-corrected chi connectivity index (χ2v) is 4.43. The largest absolute Gasteiger partial charge is 0.382 e. The van der Waals surface area contributed by atoms with Crippen LogP contribution in [0, 0.1) is 11.3 Å². The van der Waals surface area contributed by atoms with Crippen LogP contribution < -0.4 is 5.32 Å². The van der Waals surface area contributed by atoms with Crippen molar-refractivity contribution in [3.05, 3.63) is 11.8 Å². The summed E-state index contributed by atoms with van der Waals surface area (Å²) in [6.07, 6.45) is 7.22. The van der Waals surface area contributed by atoms with Gasteiger partial charge in [0.1, 0.15) is 11.6 Å². The average molecular weight is 221 g/mol. The van der Waals surface area contributed by atoms with Crippen LogP contribution in [0.25, 0.3) is 0 Å². The molecule has 0 spiro atoms. The van der Waals surface area contributed by atoms with Gasteiger partial charge in [-0.25, -0.2) is 0 Å². The minimum atomic E-state index is -0.247. The van der Waals surface area contributed by atoms with Crippen molar-refractivity contribution < 1.29 is 4.79 Å². The van der Waals surface area contributed by atoms with Crippen molar-refractivity contribution in [3.63, 3.8) is 0 Å². The molecule has 1 amide bonds. The van der Waals surface area contributed by atoms with Gasteiger partial charge >= 0.3 is 0 Å². The van der Waals surface area contributed by atoms with Gasteiger partial charge in [0.15, 0.2) is 0 Å². The zero-order chi connectivity index (χ0) is 12.0. The molecule has 4 heteroatoms. The summed E-state index contributed by atoms with van der Waals surface area (Å²) >= 11 is 0. The molecule has 16 heavy (non-hydrogen) atoms. The highest BCUT2D eigenvalue weighted by Crippen LogP contribution is 2.17. The first-order chi connectivity index (χ1) is 7.63. The number of carbonyl (C=O) groups excluding carboxylic acids is 1. The van der Waals surface area contributed by atoms with Crippen LogP contribution in [0.5, 0.6) is 0 Å². The fourth-order valence-corrected chi connectivity index (χ4v) is 1.91. The topological polar surface area (TPSA) is 56.1 Å². The average Bonchev–Trinajstić information content (AvgIpc) is 2.26. The lowest BCUT2D eigenvalue weighted by Gasteiger charge is -2.22. The van der Waals surface area contributed by atoms with Crippen LogP contribution in [0.15, 0.2) is 11.8 Å². The van der Waals surface area contributed by atoms with Crippen molar-refractivity contribution in [2.75, 3.05) is 14.1 Å². The first kappa shape index (κ1) is 12.6. The number of rotatable bonds is 3. The Hall–Kier alpha value is -1.50. The monoisotopic (exact) mass is 221 g/mol. The zero-order valence-corrected chi connectivity index (χ0v) is 9.99. The number of hydrogen-bond donors (Lipinski definition) is 1. The maximum absolute atomic E-state index is 11.7. The van der Waals surface area contributed by atoms with Crippen molar-refractivity contribution in [3.8, 4) is 6.07 Å². The molecule has 0 aliphatic heterocycles. The lowest BCUT2D eigenvalue weighted by molar-refractivity contribution is -0.118. The number of nitriles is 1. The van der Waals surface area contributed by atoms with E-state index in [1.807, 2.05) is 6.07 Å². The van der Waals surface area contributed by atoms with Crippen LogP contribution in [0.4, 0.5) is 0 Å². The predicted octanol–water partition coefficient (Wildman–Crippen LogP) is 1.40. The summed E-state index contributed by atoms with van der Waals surface area (Å²) in [5.74, 6) is -0.247. The molecule has 4 nitrogen and oxygen atoms in total. The minimum Gasteiger partial charge on any atom is -0.382 e. The standard InChI is InChI=1S/C12H19N3O/c1-15(2)9-10(8-13)12(16)14-11-6-4-3-5-7-11/h9,11H,3-7H2,1-2H3,(H,14,16). The molecule has 0 heterocycles. The third kappa shape index (κ3) is 3.93. The van der Waals surface area contributed by atoms with Gasteiger partial charge in [-0.15, -0.1) is 0 Å². The molecule has 1 aliphatic carbocycles. The van der Waals surface area contributed by atoms with Gasteiger partial charge in [0.2, 0.25) is 0 Å². The molecular weight excluding hydrogens is 202 g/mol. The summed E-state index contributed by atoms with van der Waals surface area (Å²) in [6.45, 7) is 0. The van der Waals surface area contributed by atoms with E-state index < -0.39 is 0 Å². The van der Waals surface area contributed by atoms with E-state index in [0.717, 1.165) is 12.8 Å². The maximum atomic E-state index is 11.7. The van der Waals surface area contributed by atoms with E-state index in [1.54, 1.807) is 25.2 Å². The smallest absolute Gasteiger partial charge is 0.263 e. The van der Waals surface area contributed by atoms with Gasteiger partial charge in [0.25, 0.3) is 5.91 Å². The second-order valence-electron chi connectivity index (χ2n) is 4.43. The van der Waals surface area contributed by atoms with Crippen molar-refractivity contribution >= 4 is 5.91 Å². The highest BCUT2D eigenvalue weighted by Gasteiger charge is 2.17. The lowest BCUT2D eigenvalue weighted by Crippen LogP contribution is -2.37. The Morgan fingerprint density at radius 3 is 2.50 bits per heavy atom. The molecule has 0 aromatic carbocycles. The summed E-state index contributed by atoms with van der Waals surface area (Å²) in [6, 6.07) is 2.18. The van der Waals surface area contributed by atoms with E-state index in [1.165, 1.54) is 19.3 Å². The summed E-state index contributed by atoms with van der Waals surface area (Å²) in [7, 11) is 3.59. The highest BCUT2D eigenvalue weighted by molar-refractivity contribution is 5.97. The van der Waals surface area contributed by atoms with Gasteiger partial charge in [-0.1, -0.05) is 19.3 Å². The Bertz CT molecular complexity index is 309. The normalized spacial score (nSPS) is 17.7. The molecule has 0 aromatic rings. The number of nitrogens with one attached hydrogen (secondary N) is 1. The predicted molar refractivity (Wildman–Crippen MR) is 62.4 cm³/mol. The number of nitrogens with zero attached hydrogens (tertiary/aromatic N) is 2. The highest BCUT2D eigenvalue weighted by atomic mass is 16.1. The maximum Gasteiger partial charge on any atom is 0.263 e. The molecule has 0 atom stereocenters. The van der Waals surface area contributed by atoms with E-state index >= 15 is 0 Å². The van der Waals surface area contributed by atoms with E-state index in [4.69, 9.17) is 5.26 Å². The summed E-state index contributed by atoms with van der Waals surface area (Å²) in [5.41, 5.74) is 0.176. The Labute approximate surface area is 96.9 Å². The Balaban J connectivity index is 2.53. The number of amides is 1. The van der Waals surface area contributed by atoms with Gasteiger partial charge in [0, 0.05) is 26.3 Å². The van der Waals surface area contributed by atoms with E-state index in [9.17, 15) is 4.79 Å². The number of hydrogen-bond acceptors (Lipinski definition) is 3. The first-order valence-corrected chi connectivity index (χ1v) is 5.72. The molecule has 0 saturated heterocycles. The fraction of sp³-hybridized carbons (Fsp3) is 0.667. The summed E-state index contributed by atoms with van der Waals surface area (Å²) in [5, 5.41) is 11.8. The molecule has 1 fully saturated rings. The number of carbonyl (C=O) groups is 1. The fourth-order valence-electron chi connectivity index (χ4n) is 1.91. The molecule has 0 aromatic heterocycles. The molecule has 0 bridgehead atoms. The molecule has 0 radical (unpaired) electrons. The Morgan fingerprint density at radius 1 is 1.38 bits per heavy atom. The van der Waals surface area contributed by atoms with Gasteiger partial charge in [-0.05, 0) is 12.8 Å². The SMILES string of the molecule is CN(C)C=C(C#N)C(=O)NC1CCCCC1. The third-order valence-electron chi connectivity index (χ3n) is 2.69. The van der Waals surface area contributed by atoms with Crippen molar-refractivity contribution in [2.24, 2.45) is 0 Å². The van der Waals surface area contributed by atoms with Crippen molar-refractivity contribution in [1.29, 1.82) is 5.26 Å². The van der Waals surface area contributed by atoms with Gasteiger partial charge in [0.05, 0.1) is 0 Å². The third-order valence-corrected chi connectivity index (χ3v) is 2.69. The molecule has 88 valence electrons. The van der Waals surface area contributed by atoms with Crippen LogP contribution in [0.1, 0.15) is 32.1 Å². The molecule has 1 saturated carbocycles. The first-order valence-electron chi connectivity index (χ1n) is 5.72. The quantitative estimate of drug-likeness (QED) is 0.579. The van der Waals surface area contributed by atoms with Crippen LogP contribution in [-0.2, 0) is 4.79 Å². The summed E-state index contributed by atoms with van der Waals surface area (Å²) in [4.78, 5) is 13.5. The van der Waals surface area contributed by atoms with Crippen LogP contribution in [-0.4, -0.2) is 30.9 Å². The molecular formula is C12H19N3O. The van der Waals surface area contributed by atoms with E-state index in [0.29, 0.717) is 0 Å². The zero-order valence-electron chi connectivity index (χ0n) is 9.99. The van der Waals surface area contributed by atoms with Crippen molar-refractivity contribution in [1.82, 2.24) is 10.2 Å². The van der Waals surface area contributed by atoms with Crippen LogP contribution in [0.2, 0.25) is 0 Å². The molecule has 0 unspecified atom stereocenters. The van der Waals surface area contributed by atoms with Gasteiger partial charge < -0.3 is 10.2 Å². The summed E-state index contributed by atoms with van der Waals surface area (Å²) < 4.78 is 0.